The Kier molecular flexibility index (Phi) is 7.24. The Hall–Kier alpha value is -3.13. The minimum Gasteiger partial charge on any atom is -0.358 e. The zero-order valence-electron chi connectivity index (χ0n) is 17.3. The lowest BCUT2D eigenvalue weighted by atomic mass is 10.1. The molecule has 2 amide bonds. The van der Waals surface area contributed by atoms with Gasteiger partial charge in [-0.2, -0.15) is 0 Å². The van der Waals surface area contributed by atoms with Crippen LogP contribution in [0.25, 0.3) is 5.69 Å². The molecule has 0 saturated carbocycles. The summed E-state index contributed by atoms with van der Waals surface area (Å²) in [6.45, 7) is 4.07. The molecule has 3 rings (SSSR count). The summed E-state index contributed by atoms with van der Waals surface area (Å²) in [7, 11) is 1.53. The normalized spacial score (nSPS) is 10.6. The van der Waals surface area contributed by atoms with Crippen molar-refractivity contribution >= 4 is 23.6 Å². The zero-order valence-corrected chi connectivity index (χ0v) is 18.1. The zero-order chi connectivity index (χ0) is 21.5. The van der Waals surface area contributed by atoms with E-state index in [4.69, 9.17) is 0 Å². The monoisotopic (exact) mass is 423 g/mol. The maximum Gasteiger partial charge on any atom is 0.239 e. The van der Waals surface area contributed by atoms with E-state index in [0.717, 1.165) is 22.6 Å². The average Bonchev–Trinajstić information content (AvgIpc) is 3.13. The van der Waals surface area contributed by atoms with Crippen molar-refractivity contribution in [3.63, 3.8) is 0 Å². The fraction of sp³-hybridized carbons (Fsp3) is 0.273. The number of likely N-dealkylation sites (N-methyl/N-ethyl adjacent to an activating group) is 1. The molecule has 0 aliphatic heterocycles. The summed E-state index contributed by atoms with van der Waals surface area (Å²) in [6.07, 6.45) is 0.630. The smallest absolute Gasteiger partial charge is 0.239 e. The number of benzene rings is 2. The predicted octanol–water partition coefficient (Wildman–Crippen LogP) is 2.43. The fourth-order valence-electron chi connectivity index (χ4n) is 3.03. The van der Waals surface area contributed by atoms with E-state index in [1.54, 1.807) is 0 Å². The van der Waals surface area contributed by atoms with Gasteiger partial charge in [0.25, 0.3) is 0 Å². The Labute approximate surface area is 180 Å². The SMILES string of the molecule is CNC(=O)CNC(=O)CSc1nnc(Cc2ccccc2)n1-c1ccc(C)cc1C. The van der Waals surface area contributed by atoms with Crippen molar-refractivity contribution in [2.75, 3.05) is 19.3 Å². The summed E-state index contributed by atoms with van der Waals surface area (Å²) in [5.74, 6) is 0.479. The molecule has 2 aromatic carbocycles. The molecule has 0 radical (unpaired) electrons. The van der Waals surface area contributed by atoms with Gasteiger partial charge < -0.3 is 10.6 Å². The van der Waals surface area contributed by atoms with Gasteiger partial charge in [-0.1, -0.05) is 59.8 Å². The van der Waals surface area contributed by atoms with E-state index < -0.39 is 0 Å². The second-order valence-electron chi connectivity index (χ2n) is 6.93. The lowest BCUT2D eigenvalue weighted by Crippen LogP contribution is -2.36. The number of carbonyl (C=O) groups excluding carboxylic acids is 2. The molecule has 0 unspecified atom stereocenters. The van der Waals surface area contributed by atoms with Crippen molar-refractivity contribution in [1.82, 2.24) is 25.4 Å². The molecule has 156 valence electrons. The highest BCUT2D eigenvalue weighted by molar-refractivity contribution is 7.99. The Morgan fingerprint density at radius 1 is 1.03 bits per heavy atom. The number of hydrogen-bond donors (Lipinski definition) is 2. The summed E-state index contributed by atoms with van der Waals surface area (Å²) in [5, 5.41) is 14.5. The van der Waals surface area contributed by atoms with E-state index in [1.165, 1.54) is 24.4 Å². The molecule has 0 aliphatic rings. The molecule has 0 fully saturated rings. The van der Waals surface area contributed by atoms with Crippen molar-refractivity contribution in [3.8, 4) is 5.69 Å². The van der Waals surface area contributed by atoms with E-state index in [1.807, 2.05) is 22.8 Å². The summed E-state index contributed by atoms with van der Waals surface area (Å²) < 4.78 is 2.01. The van der Waals surface area contributed by atoms with Gasteiger partial charge in [-0.25, -0.2) is 0 Å². The molecule has 0 spiro atoms. The maximum atomic E-state index is 12.1. The molecular formula is C22H25N5O2S. The highest BCUT2D eigenvalue weighted by Gasteiger charge is 2.18. The Morgan fingerprint density at radius 3 is 2.50 bits per heavy atom. The number of thioether (sulfide) groups is 1. The van der Waals surface area contributed by atoms with E-state index in [-0.39, 0.29) is 24.1 Å². The number of nitrogens with one attached hydrogen (secondary N) is 2. The number of aromatic nitrogens is 3. The molecule has 1 aromatic heterocycles. The third-order valence-corrected chi connectivity index (χ3v) is 5.48. The predicted molar refractivity (Wildman–Crippen MR) is 118 cm³/mol. The van der Waals surface area contributed by atoms with Gasteiger partial charge >= 0.3 is 0 Å². The molecule has 0 aliphatic carbocycles. The fourth-order valence-corrected chi connectivity index (χ4v) is 3.83. The van der Waals surface area contributed by atoms with Crippen LogP contribution in [-0.2, 0) is 16.0 Å². The minimum absolute atomic E-state index is 0.0427. The van der Waals surface area contributed by atoms with Crippen LogP contribution in [0.5, 0.6) is 0 Å². The Bertz CT molecular complexity index is 1030. The maximum absolute atomic E-state index is 12.1. The van der Waals surface area contributed by atoms with Crippen LogP contribution in [0.3, 0.4) is 0 Å². The molecule has 8 heteroatoms. The average molecular weight is 424 g/mol. The first-order chi connectivity index (χ1) is 14.5. The van der Waals surface area contributed by atoms with Crippen LogP contribution in [0.4, 0.5) is 0 Å². The molecule has 2 N–H and O–H groups in total. The van der Waals surface area contributed by atoms with Crippen molar-refractivity contribution in [2.45, 2.75) is 25.4 Å². The van der Waals surface area contributed by atoms with E-state index >= 15 is 0 Å². The molecule has 0 saturated heterocycles. The minimum atomic E-state index is -0.239. The number of amides is 2. The van der Waals surface area contributed by atoms with Gasteiger partial charge in [-0.3, -0.25) is 14.2 Å². The van der Waals surface area contributed by atoms with Crippen molar-refractivity contribution < 1.29 is 9.59 Å². The standard InChI is InChI=1S/C22H25N5O2S/c1-15-9-10-18(16(2)11-15)27-19(12-17-7-5-4-6-8-17)25-26-22(27)30-14-21(29)24-13-20(28)23-3/h4-11H,12-14H2,1-3H3,(H,23,28)(H,24,29). The highest BCUT2D eigenvalue weighted by Crippen LogP contribution is 2.26. The third-order valence-electron chi connectivity index (χ3n) is 4.56. The second kappa shape index (κ2) is 10.1. The summed E-state index contributed by atoms with van der Waals surface area (Å²) in [5.41, 5.74) is 4.41. The number of nitrogens with zero attached hydrogens (tertiary/aromatic N) is 3. The van der Waals surface area contributed by atoms with Gasteiger partial charge in [0.15, 0.2) is 5.16 Å². The molecular weight excluding hydrogens is 398 g/mol. The van der Waals surface area contributed by atoms with Crippen molar-refractivity contribution in [1.29, 1.82) is 0 Å². The lowest BCUT2D eigenvalue weighted by molar-refractivity contribution is -0.124. The number of aryl methyl sites for hydroxylation is 2. The summed E-state index contributed by atoms with van der Waals surface area (Å²) in [6, 6.07) is 16.3. The van der Waals surface area contributed by atoms with Crippen LogP contribution in [0.1, 0.15) is 22.5 Å². The first-order valence-corrected chi connectivity index (χ1v) is 10.6. The van der Waals surface area contributed by atoms with Gasteiger partial charge in [0, 0.05) is 13.5 Å². The van der Waals surface area contributed by atoms with Crippen molar-refractivity contribution in [2.24, 2.45) is 0 Å². The van der Waals surface area contributed by atoms with Crippen LogP contribution in [0, 0.1) is 13.8 Å². The first kappa shape index (κ1) is 21.6. The van der Waals surface area contributed by atoms with Crippen LogP contribution >= 0.6 is 11.8 Å². The van der Waals surface area contributed by atoms with E-state index in [9.17, 15) is 9.59 Å². The second-order valence-corrected chi connectivity index (χ2v) is 7.87. The van der Waals surface area contributed by atoms with Crippen LogP contribution < -0.4 is 10.6 Å². The molecule has 3 aromatic rings. The number of carbonyl (C=O) groups is 2. The van der Waals surface area contributed by atoms with Gasteiger partial charge in [-0.05, 0) is 31.0 Å². The molecule has 1 heterocycles. The highest BCUT2D eigenvalue weighted by atomic mass is 32.2. The van der Waals surface area contributed by atoms with Gasteiger partial charge in [0.1, 0.15) is 5.82 Å². The lowest BCUT2D eigenvalue weighted by Gasteiger charge is -2.13. The molecule has 30 heavy (non-hydrogen) atoms. The van der Waals surface area contributed by atoms with Crippen LogP contribution in [0.15, 0.2) is 53.7 Å². The van der Waals surface area contributed by atoms with Gasteiger partial charge in [0.05, 0.1) is 18.0 Å². The van der Waals surface area contributed by atoms with E-state index in [0.29, 0.717) is 11.6 Å². The van der Waals surface area contributed by atoms with Gasteiger partial charge in [0.2, 0.25) is 11.8 Å². The summed E-state index contributed by atoms with van der Waals surface area (Å²) >= 11 is 1.30. The quantitative estimate of drug-likeness (QED) is 0.543. The number of rotatable bonds is 8. The first-order valence-electron chi connectivity index (χ1n) is 9.64. The number of hydrogen-bond acceptors (Lipinski definition) is 5. The largest absolute Gasteiger partial charge is 0.358 e. The van der Waals surface area contributed by atoms with Crippen LogP contribution in [0.2, 0.25) is 0 Å². The van der Waals surface area contributed by atoms with E-state index in [2.05, 4.69) is 65.0 Å². The van der Waals surface area contributed by atoms with Crippen LogP contribution in [-0.4, -0.2) is 45.9 Å². The summed E-state index contributed by atoms with van der Waals surface area (Å²) in [4.78, 5) is 23.4. The van der Waals surface area contributed by atoms with Crippen molar-refractivity contribution in [3.05, 3.63) is 71.0 Å². The third kappa shape index (κ3) is 5.48. The topological polar surface area (TPSA) is 88.9 Å². The molecule has 7 nitrogen and oxygen atoms in total. The molecule has 0 bridgehead atoms. The van der Waals surface area contributed by atoms with Gasteiger partial charge in [-0.15, -0.1) is 10.2 Å². The Balaban J connectivity index is 1.85. The Morgan fingerprint density at radius 2 is 1.80 bits per heavy atom. The molecule has 0 atom stereocenters.